The van der Waals surface area contributed by atoms with Gasteiger partial charge in [-0.3, -0.25) is 19.6 Å². The zero-order valence-electron chi connectivity index (χ0n) is 25.1. The van der Waals surface area contributed by atoms with Gasteiger partial charge in [0.05, 0.1) is 40.2 Å². The SMILES string of the molecule is C=C=C=NN(N=C=C=C)c1ccc(N=C2C=CC(=O)c3ncccc32)cc1.Cc1ccc(N=C2C=CC(=O)c3ncccc32)cc1.[Ni]. The van der Waals surface area contributed by atoms with E-state index in [1.807, 2.05) is 49.4 Å². The van der Waals surface area contributed by atoms with E-state index in [0.29, 0.717) is 34.0 Å². The molecule has 6 rings (SSSR count). The molecule has 0 amide bonds. The molecule has 9 nitrogen and oxygen atoms in total. The standard InChI is InChI=1S/C21H13N5O.C16H12N2O.Ni/c1-3-13-23-26(24-14-4-2)17-9-7-16(8-10-17)25-19-11-12-20(27)21-18(19)6-5-15-22-21;1-11-4-6-12(7-5-11)18-14-8-9-15(19)16-13(14)3-2-10-17-16;/h5-12,15H,1-2H2;2-10H,1H3;. The third-order valence-electron chi connectivity index (χ3n) is 6.48. The average Bonchev–Trinajstić information content (AvgIpc) is 3.09. The number of carbonyl (C=O) groups excluding carboxylic acids is 2. The van der Waals surface area contributed by atoms with E-state index in [2.05, 4.69) is 66.5 Å². The van der Waals surface area contributed by atoms with Gasteiger partial charge in [-0.1, -0.05) is 39.4 Å². The number of benzene rings is 2. The molecule has 0 saturated heterocycles. The maximum atomic E-state index is 11.9. The van der Waals surface area contributed by atoms with Crippen LogP contribution in [-0.4, -0.2) is 44.7 Å². The number of hydrazone groups is 2. The number of anilines is 1. The summed E-state index contributed by atoms with van der Waals surface area (Å²) in [6.07, 6.45) is 9.63. The quantitative estimate of drug-likeness (QED) is 0.101. The summed E-state index contributed by atoms with van der Waals surface area (Å²) < 4.78 is 0. The van der Waals surface area contributed by atoms with E-state index >= 15 is 0 Å². The molecule has 230 valence electrons. The molecule has 2 aromatic heterocycles. The molecule has 0 spiro atoms. The van der Waals surface area contributed by atoms with E-state index in [1.54, 1.807) is 54.9 Å². The van der Waals surface area contributed by atoms with Crippen molar-refractivity contribution in [2.75, 3.05) is 5.12 Å². The first kappa shape index (κ1) is 33.5. The Balaban J connectivity index is 0.000000220. The Labute approximate surface area is 281 Å². The number of aromatic nitrogens is 2. The summed E-state index contributed by atoms with van der Waals surface area (Å²) in [7, 11) is 0. The van der Waals surface area contributed by atoms with Crippen molar-refractivity contribution in [3.05, 3.63) is 162 Å². The van der Waals surface area contributed by atoms with Crippen LogP contribution in [0.3, 0.4) is 0 Å². The van der Waals surface area contributed by atoms with Crippen LogP contribution in [0.25, 0.3) is 0 Å². The minimum Gasteiger partial charge on any atom is -0.288 e. The number of hydrogen-bond acceptors (Lipinski definition) is 9. The van der Waals surface area contributed by atoms with Gasteiger partial charge >= 0.3 is 0 Å². The van der Waals surface area contributed by atoms with Crippen molar-refractivity contribution in [2.24, 2.45) is 20.2 Å². The predicted molar refractivity (Wildman–Crippen MR) is 181 cm³/mol. The van der Waals surface area contributed by atoms with Gasteiger partial charge in [-0.05, 0) is 105 Å². The van der Waals surface area contributed by atoms with Crippen LogP contribution in [-0.2, 0) is 16.5 Å². The van der Waals surface area contributed by atoms with Crippen LogP contribution < -0.4 is 5.12 Å². The molecule has 0 saturated carbocycles. The number of aliphatic imine (C=N–C) groups is 2. The van der Waals surface area contributed by atoms with Gasteiger partial charge in [0.2, 0.25) is 11.6 Å². The number of ketones is 2. The molecule has 0 fully saturated rings. The second kappa shape index (κ2) is 16.1. The van der Waals surface area contributed by atoms with E-state index < -0.39 is 0 Å². The van der Waals surface area contributed by atoms with Crippen LogP contribution in [0.5, 0.6) is 0 Å². The molecule has 0 bridgehead atoms. The molecular formula is C37H25N7NiO2. The summed E-state index contributed by atoms with van der Waals surface area (Å²) >= 11 is 0. The van der Waals surface area contributed by atoms with Gasteiger partial charge in [0.1, 0.15) is 11.4 Å². The predicted octanol–water partition coefficient (Wildman–Crippen LogP) is 6.87. The Morgan fingerprint density at radius 1 is 0.638 bits per heavy atom. The zero-order chi connectivity index (χ0) is 32.3. The van der Waals surface area contributed by atoms with Gasteiger partial charge in [0.15, 0.2) is 0 Å². The summed E-state index contributed by atoms with van der Waals surface area (Å²) in [5.41, 5.74) is 12.1. The van der Waals surface area contributed by atoms with Gasteiger partial charge in [-0.2, -0.15) is 0 Å². The normalized spacial score (nSPS) is 13.7. The van der Waals surface area contributed by atoms with Crippen molar-refractivity contribution >= 4 is 51.8 Å². The zero-order valence-corrected chi connectivity index (χ0v) is 26.1. The summed E-state index contributed by atoms with van der Waals surface area (Å²) in [4.78, 5) is 41.1. The number of nitrogens with zero attached hydrogens (tertiary/aromatic N) is 7. The van der Waals surface area contributed by atoms with Gasteiger partial charge < -0.3 is 0 Å². The first-order chi connectivity index (χ1) is 22.5. The van der Waals surface area contributed by atoms with E-state index in [-0.39, 0.29) is 28.1 Å². The van der Waals surface area contributed by atoms with Crippen LogP contribution in [0.15, 0.2) is 154 Å². The molecule has 0 unspecified atom stereocenters. The Morgan fingerprint density at radius 3 is 1.53 bits per heavy atom. The monoisotopic (exact) mass is 657 g/mol. The number of allylic oxidation sites excluding steroid dienone is 4. The van der Waals surface area contributed by atoms with E-state index in [1.165, 1.54) is 22.8 Å². The molecular weight excluding hydrogens is 633 g/mol. The van der Waals surface area contributed by atoms with Crippen LogP contribution in [0.2, 0.25) is 0 Å². The molecule has 10 heteroatoms. The number of hydrogen-bond donors (Lipinski definition) is 0. The summed E-state index contributed by atoms with van der Waals surface area (Å²) in [6, 6.07) is 22.4. The molecule has 0 radical (unpaired) electrons. The number of carbonyl (C=O) groups is 2. The maximum Gasteiger partial charge on any atom is 0.204 e. The van der Waals surface area contributed by atoms with Gasteiger partial charge in [-0.15, -0.1) is 5.12 Å². The third kappa shape index (κ3) is 8.43. The molecule has 0 aliphatic heterocycles. The molecule has 2 aromatic carbocycles. The number of rotatable bonds is 5. The summed E-state index contributed by atoms with van der Waals surface area (Å²) in [5.74, 6) is 4.77. The second-order valence-corrected chi connectivity index (χ2v) is 9.61. The van der Waals surface area contributed by atoms with Crippen molar-refractivity contribution < 1.29 is 26.1 Å². The van der Waals surface area contributed by atoms with Gasteiger partial charge in [0.25, 0.3) is 0 Å². The molecule has 2 heterocycles. The van der Waals surface area contributed by atoms with E-state index in [9.17, 15) is 9.59 Å². The fraction of sp³-hybridized carbons (Fsp3) is 0.0270. The van der Waals surface area contributed by atoms with Gasteiger partial charge in [0, 0.05) is 40.0 Å². The minimum absolute atomic E-state index is 0. The first-order valence-corrected chi connectivity index (χ1v) is 13.9. The molecule has 2 aliphatic carbocycles. The Hall–Kier alpha value is -6.35. The minimum atomic E-state index is -0.128. The number of aryl methyl sites for hydroxylation is 1. The second-order valence-electron chi connectivity index (χ2n) is 9.61. The molecule has 0 atom stereocenters. The summed E-state index contributed by atoms with van der Waals surface area (Å²) in [6.45, 7) is 8.86. The summed E-state index contributed by atoms with van der Waals surface area (Å²) in [5, 5.41) is 9.19. The van der Waals surface area contributed by atoms with Crippen LogP contribution in [0.1, 0.15) is 37.7 Å². The number of pyridine rings is 2. The van der Waals surface area contributed by atoms with Gasteiger partial charge in [-0.25, -0.2) is 9.98 Å². The maximum absolute atomic E-state index is 11.9. The first-order valence-electron chi connectivity index (χ1n) is 13.9. The number of fused-ring (bicyclic) bond motifs is 2. The van der Waals surface area contributed by atoms with Crippen molar-refractivity contribution in [1.29, 1.82) is 0 Å². The third-order valence-corrected chi connectivity index (χ3v) is 6.48. The van der Waals surface area contributed by atoms with Crippen LogP contribution in [0, 0.1) is 6.92 Å². The Kier molecular flexibility index (Phi) is 11.5. The van der Waals surface area contributed by atoms with E-state index in [4.69, 9.17) is 0 Å². The van der Waals surface area contributed by atoms with Crippen LogP contribution in [0.4, 0.5) is 17.1 Å². The molecule has 4 aromatic rings. The molecule has 2 aliphatic rings. The van der Waals surface area contributed by atoms with Crippen LogP contribution >= 0.6 is 0 Å². The Bertz CT molecular complexity index is 2090. The molecule has 47 heavy (non-hydrogen) atoms. The smallest absolute Gasteiger partial charge is 0.204 e. The van der Waals surface area contributed by atoms with Crippen molar-refractivity contribution in [1.82, 2.24) is 9.97 Å². The van der Waals surface area contributed by atoms with Crippen molar-refractivity contribution in [3.63, 3.8) is 0 Å². The van der Waals surface area contributed by atoms with Crippen molar-refractivity contribution in [3.8, 4) is 0 Å². The fourth-order valence-electron chi connectivity index (χ4n) is 4.32. The van der Waals surface area contributed by atoms with Crippen molar-refractivity contribution in [2.45, 2.75) is 6.92 Å². The fourth-order valence-corrected chi connectivity index (χ4v) is 4.32. The average molecular weight is 658 g/mol. The topological polar surface area (TPSA) is 113 Å². The van der Waals surface area contributed by atoms with E-state index in [0.717, 1.165) is 17.0 Å². The largest absolute Gasteiger partial charge is 0.288 e. The molecule has 0 N–H and O–H groups in total. The Morgan fingerprint density at radius 2 is 1.09 bits per heavy atom.